The first-order valence-corrected chi connectivity index (χ1v) is 10.6. The molecule has 0 bridgehead atoms. The average molecular weight is 349 g/mol. The molecule has 4 aliphatic rings. The standard InChI is InChI=1S/C22H36O3/c1-14(23)19-6-7-20-18-5-4-15-12-22(24,13-25-3)11-9-16(15)17(18)8-10-21(19,20)2/h15-20,24H,4-13H2,1-3H3/t15?,16-,17+,18+,19+,20-,21?,22+/m0/s1. The minimum atomic E-state index is -0.584. The Morgan fingerprint density at radius 3 is 2.52 bits per heavy atom. The molecule has 0 aromatic heterocycles. The number of carbonyl (C=O) groups is 1. The largest absolute Gasteiger partial charge is 0.387 e. The Morgan fingerprint density at radius 2 is 1.80 bits per heavy atom. The molecule has 0 aliphatic heterocycles. The quantitative estimate of drug-likeness (QED) is 0.830. The summed E-state index contributed by atoms with van der Waals surface area (Å²) in [6.07, 6.45) is 10.6. The molecule has 0 radical (unpaired) electrons. The Bertz CT molecular complexity index is 531. The molecular formula is C22H36O3. The summed E-state index contributed by atoms with van der Waals surface area (Å²) in [5.41, 5.74) is -0.315. The fourth-order valence-electron chi connectivity index (χ4n) is 8.03. The Balaban J connectivity index is 1.51. The first-order chi connectivity index (χ1) is 11.9. The van der Waals surface area contributed by atoms with Crippen molar-refractivity contribution >= 4 is 5.78 Å². The van der Waals surface area contributed by atoms with E-state index < -0.39 is 5.60 Å². The Morgan fingerprint density at radius 1 is 1.04 bits per heavy atom. The highest BCUT2D eigenvalue weighted by Gasteiger charge is 2.58. The lowest BCUT2D eigenvalue weighted by Gasteiger charge is -2.57. The van der Waals surface area contributed by atoms with Crippen LogP contribution in [-0.4, -0.2) is 30.2 Å². The van der Waals surface area contributed by atoms with Crippen molar-refractivity contribution in [2.24, 2.45) is 40.9 Å². The highest BCUT2D eigenvalue weighted by molar-refractivity contribution is 5.79. The van der Waals surface area contributed by atoms with Crippen molar-refractivity contribution in [2.45, 2.75) is 77.2 Å². The van der Waals surface area contributed by atoms with E-state index in [1.165, 1.54) is 38.5 Å². The van der Waals surface area contributed by atoms with E-state index in [0.717, 1.165) is 42.9 Å². The fraction of sp³-hybridized carbons (Fsp3) is 0.955. The maximum absolute atomic E-state index is 12.2. The van der Waals surface area contributed by atoms with Crippen molar-refractivity contribution in [3.05, 3.63) is 0 Å². The van der Waals surface area contributed by atoms with Gasteiger partial charge in [0.25, 0.3) is 0 Å². The van der Waals surface area contributed by atoms with Crippen molar-refractivity contribution in [3.63, 3.8) is 0 Å². The van der Waals surface area contributed by atoms with E-state index in [9.17, 15) is 9.90 Å². The van der Waals surface area contributed by atoms with Crippen LogP contribution in [0.2, 0.25) is 0 Å². The molecule has 4 fully saturated rings. The summed E-state index contributed by atoms with van der Waals surface area (Å²) in [4.78, 5) is 12.2. The van der Waals surface area contributed by atoms with Crippen LogP contribution in [0.3, 0.4) is 0 Å². The van der Waals surface area contributed by atoms with Gasteiger partial charge in [-0.25, -0.2) is 0 Å². The second-order valence-corrected chi connectivity index (χ2v) is 10.1. The van der Waals surface area contributed by atoms with Gasteiger partial charge in [0.05, 0.1) is 12.2 Å². The number of ketones is 1. The van der Waals surface area contributed by atoms with Crippen molar-refractivity contribution in [3.8, 4) is 0 Å². The Labute approximate surface area is 152 Å². The van der Waals surface area contributed by atoms with Crippen LogP contribution >= 0.6 is 0 Å². The van der Waals surface area contributed by atoms with E-state index in [4.69, 9.17) is 4.74 Å². The smallest absolute Gasteiger partial charge is 0.133 e. The van der Waals surface area contributed by atoms with Gasteiger partial charge in [-0.2, -0.15) is 0 Å². The van der Waals surface area contributed by atoms with Crippen molar-refractivity contribution in [2.75, 3.05) is 13.7 Å². The number of hydrogen-bond donors (Lipinski definition) is 1. The number of rotatable bonds is 3. The summed E-state index contributed by atoms with van der Waals surface area (Å²) >= 11 is 0. The fourth-order valence-corrected chi connectivity index (χ4v) is 8.03. The molecule has 8 atom stereocenters. The van der Waals surface area contributed by atoms with E-state index in [1.807, 2.05) is 6.92 Å². The predicted molar refractivity (Wildman–Crippen MR) is 98.1 cm³/mol. The highest BCUT2D eigenvalue weighted by Crippen LogP contribution is 2.64. The van der Waals surface area contributed by atoms with Crippen molar-refractivity contribution in [1.29, 1.82) is 0 Å². The van der Waals surface area contributed by atoms with Gasteiger partial charge in [-0.15, -0.1) is 0 Å². The molecule has 4 aliphatic carbocycles. The number of Topliss-reactive ketones (excluding diaryl/α,β-unsaturated/α-hetero) is 1. The second-order valence-electron chi connectivity index (χ2n) is 10.1. The number of aliphatic hydroxyl groups is 1. The molecular weight excluding hydrogens is 312 g/mol. The average Bonchev–Trinajstić information content (AvgIpc) is 2.91. The van der Waals surface area contributed by atoms with Crippen LogP contribution < -0.4 is 0 Å². The number of ether oxygens (including phenoxy) is 1. The van der Waals surface area contributed by atoms with Gasteiger partial charge in [-0.1, -0.05) is 6.92 Å². The van der Waals surface area contributed by atoms with Crippen molar-refractivity contribution < 1.29 is 14.6 Å². The summed E-state index contributed by atoms with van der Waals surface area (Å²) in [7, 11) is 1.70. The molecule has 0 amide bonds. The third-order valence-electron chi connectivity index (χ3n) is 9.01. The summed E-state index contributed by atoms with van der Waals surface area (Å²) in [5, 5.41) is 10.8. The zero-order chi connectivity index (χ0) is 17.8. The molecule has 2 unspecified atom stereocenters. The van der Waals surface area contributed by atoms with Crippen LogP contribution in [0, 0.1) is 40.9 Å². The monoisotopic (exact) mass is 348 g/mol. The molecule has 1 N–H and O–H groups in total. The molecule has 0 saturated heterocycles. The maximum Gasteiger partial charge on any atom is 0.133 e. The van der Waals surface area contributed by atoms with Gasteiger partial charge in [0.15, 0.2) is 0 Å². The lowest BCUT2D eigenvalue weighted by atomic mass is 9.49. The molecule has 142 valence electrons. The summed E-state index contributed by atoms with van der Waals surface area (Å²) < 4.78 is 5.29. The number of methoxy groups -OCH3 is 1. The topological polar surface area (TPSA) is 46.5 Å². The van der Waals surface area contributed by atoms with Crippen LogP contribution in [0.25, 0.3) is 0 Å². The molecule has 0 heterocycles. The van der Waals surface area contributed by atoms with Gasteiger partial charge in [0.2, 0.25) is 0 Å². The Hall–Kier alpha value is -0.410. The van der Waals surface area contributed by atoms with Gasteiger partial charge in [0, 0.05) is 13.0 Å². The molecule has 0 aromatic rings. The second kappa shape index (κ2) is 6.34. The van der Waals surface area contributed by atoms with E-state index in [-0.39, 0.29) is 5.41 Å². The van der Waals surface area contributed by atoms with E-state index >= 15 is 0 Å². The minimum Gasteiger partial charge on any atom is -0.387 e. The van der Waals surface area contributed by atoms with E-state index in [0.29, 0.717) is 24.2 Å². The van der Waals surface area contributed by atoms with Crippen molar-refractivity contribution in [1.82, 2.24) is 0 Å². The van der Waals surface area contributed by atoms with Crippen LogP contribution in [0.5, 0.6) is 0 Å². The molecule has 25 heavy (non-hydrogen) atoms. The Kier molecular flexibility index (Phi) is 4.56. The number of hydrogen-bond acceptors (Lipinski definition) is 3. The molecule has 4 rings (SSSR count). The first kappa shape index (κ1) is 18.0. The third-order valence-corrected chi connectivity index (χ3v) is 9.01. The minimum absolute atomic E-state index is 0.269. The zero-order valence-electron chi connectivity index (χ0n) is 16.3. The lowest BCUT2D eigenvalue weighted by Crippen LogP contribution is -2.52. The highest BCUT2D eigenvalue weighted by atomic mass is 16.5. The number of carbonyl (C=O) groups excluding carboxylic acids is 1. The SMILES string of the molecule is COC[C@@]1(O)CC[C@H]2C(CC[C@@H]3[C@@H]2CCC2(C)[C@@H](C(C)=O)CC[C@@H]32)C1. The molecule has 4 saturated carbocycles. The zero-order valence-corrected chi connectivity index (χ0v) is 16.3. The van der Waals surface area contributed by atoms with E-state index in [2.05, 4.69) is 6.92 Å². The predicted octanol–water partition coefficient (Wildman–Crippen LogP) is 4.22. The van der Waals surface area contributed by atoms with Crippen LogP contribution in [0.1, 0.15) is 71.6 Å². The third kappa shape index (κ3) is 2.81. The lowest BCUT2D eigenvalue weighted by molar-refractivity contribution is -0.134. The van der Waals surface area contributed by atoms with Gasteiger partial charge >= 0.3 is 0 Å². The normalized spacial score (nSPS) is 52.2. The van der Waals surface area contributed by atoms with Gasteiger partial charge in [-0.05, 0) is 99.7 Å². The first-order valence-electron chi connectivity index (χ1n) is 10.6. The molecule has 0 spiro atoms. The number of fused-ring (bicyclic) bond motifs is 5. The van der Waals surface area contributed by atoms with Crippen LogP contribution in [0.15, 0.2) is 0 Å². The molecule has 3 heteroatoms. The summed E-state index contributed by atoms with van der Waals surface area (Å²) in [6.45, 7) is 4.74. The van der Waals surface area contributed by atoms with Gasteiger partial charge in [-0.3, -0.25) is 4.79 Å². The van der Waals surface area contributed by atoms with E-state index in [1.54, 1.807) is 7.11 Å². The summed E-state index contributed by atoms with van der Waals surface area (Å²) in [5.74, 6) is 4.67. The maximum atomic E-state index is 12.2. The molecule has 0 aromatic carbocycles. The van der Waals surface area contributed by atoms with Gasteiger partial charge < -0.3 is 9.84 Å². The summed E-state index contributed by atoms with van der Waals surface area (Å²) in [6, 6.07) is 0. The molecule has 3 nitrogen and oxygen atoms in total. The van der Waals surface area contributed by atoms with Crippen LogP contribution in [0.4, 0.5) is 0 Å². The van der Waals surface area contributed by atoms with Gasteiger partial charge in [0.1, 0.15) is 5.78 Å². The van der Waals surface area contributed by atoms with Crippen LogP contribution in [-0.2, 0) is 9.53 Å².